The van der Waals surface area contributed by atoms with E-state index in [1.807, 2.05) is 83.6 Å². The molecule has 0 aliphatic heterocycles. The molecule has 7 nitrogen and oxygen atoms in total. The summed E-state index contributed by atoms with van der Waals surface area (Å²) in [6.07, 6.45) is 1.93. The number of fused-ring (bicyclic) bond motifs is 1. The van der Waals surface area contributed by atoms with Crippen LogP contribution in [0.2, 0.25) is 5.02 Å². The van der Waals surface area contributed by atoms with Crippen LogP contribution in [-0.2, 0) is 11.3 Å². The molecule has 0 spiro atoms. The van der Waals surface area contributed by atoms with Crippen LogP contribution in [0.1, 0.15) is 5.56 Å². The van der Waals surface area contributed by atoms with E-state index < -0.39 is 0 Å². The number of nitrogens with zero attached hydrogens (tertiary/aromatic N) is 3. The Balaban J connectivity index is 1.40. The van der Waals surface area contributed by atoms with E-state index in [9.17, 15) is 4.79 Å². The van der Waals surface area contributed by atoms with Crippen LogP contribution in [0.25, 0.3) is 28.0 Å². The average molecular weight is 504 g/mol. The monoisotopic (exact) mass is 503 g/mol. The van der Waals surface area contributed by atoms with Crippen molar-refractivity contribution >= 4 is 40.2 Å². The zero-order valence-corrected chi connectivity index (χ0v) is 20.4. The number of methoxy groups -OCH3 is 1. The fourth-order valence-corrected chi connectivity index (χ4v) is 4.75. The number of benzene rings is 3. The minimum absolute atomic E-state index is 0.111. The topological polar surface area (TPSA) is 84.8 Å². The van der Waals surface area contributed by atoms with Crippen LogP contribution in [0.3, 0.4) is 0 Å². The maximum absolute atomic E-state index is 12.6. The second-order valence-electron chi connectivity index (χ2n) is 7.74. The molecule has 5 rings (SSSR count). The molecule has 0 bridgehead atoms. The van der Waals surface area contributed by atoms with Crippen molar-refractivity contribution in [1.29, 1.82) is 0 Å². The number of ether oxygens (including phenoxy) is 1. The third kappa shape index (κ3) is 4.89. The number of aromatic nitrogens is 4. The van der Waals surface area contributed by atoms with E-state index in [0.29, 0.717) is 22.5 Å². The van der Waals surface area contributed by atoms with Crippen LogP contribution >= 0.6 is 23.4 Å². The van der Waals surface area contributed by atoms with Gasteiger partial charge >= 0.3 is 0 Å². The van der Waals surface area contributed by atoms with Crippen LogP contribution in [0, 0.1) is 0 Å². The quantitative estimate of drug-likeness (QED) is 0.274. The summed E-state index contributed by atoms with van der Waals surface area (Å²) in [5.41, 5.74) is 3.71. The molecular formula is C26H22ClN5O2S. The standard InChI is InChI=1S/C26H22ClN5O2S/c1-34-23-9-5-2-6-17(23)14-29-24(33)16-35-26-31-30-25(32(26)19-12-10-18(27)11-13-19)21-15-28-22-8-4-3-7-20(21)22/h2-13,15,28H,14,16H2,1H3,(H,29,33). The number of carbonyl (C=O) groups excluding carboxylic acids is 1. The Morgan fingerprint density at radius 1 is 1.06 bits per heavy atom. The van der Waals surface area contributed by atoms with Crippen LogP contribution < -0.4 is 10.1 Å². The van der Waals surface area contributed by atoms with Gasteiger partial charge in [-0.3, -0.25) is 9.36 Å². The lowest BCUT2D eigenvalue weighted by molar-refractivity contribution is -0.118. The fourth-order valence-electron chi connectivity index (χ4n) is 3.84. The number of hydrogen-bond acceptors (Lipinski definition) is 5. The summed E-state index contributed by atoms with van der Waals surface area (Å²) in [4.78, 5) is 15.9. The van der Waals surface area contributed by atoms with Gasteiger partial charge < -0.3 is 15.0 Å². The van der Waals surface area contributed by atoms with Crippen molar-refractivity contribution in [3.05, 3.63) is 89.6 Å². The van der Waals surface area contributed by atoms with Gasteiger partial charge in [0.15, 0.2) is 11.0 Å². The number of para-hydroxylation sites is 2. The Morgan fingerprint density at radius 3 is 2.66 bits per heavy atom. The highest BCUT2D eigenvalue weighted by Crippen LogP contribution is 2.32. The second kappa shape index (κ2) is 10.2. The van der Waals surface area contributed by atoms with Gasteiger partial charge in [-0.1, -0.05) is 59.8 Å². The zero-order chi connectivity index (χ0) is 24.2. The molecule has 3 aromatic carbocycles. The molecule has 2 aromatic heterocycles. The highest BCUT2D eigenvalue weighted by molar-refractivity contribution is 7.99. The molecule has 0 saturated heterocycles. The summed E-state index contributed by atoms with van der Waals surface area (Å²) in [6, 6.07) is 23.1. The predicted octanol–water partition coefficient (Wildman–Crippen LogP) is 5.49. The molecular weight excluding hydrogens is 482 g/mol. The van der Waals surface area contributed by atoms with E-state index in [1.54, 1.807) is 7.11 Å². The number of thioether (sulfide) groups is 1. The summed E-state index contributed by atoms with van der Waals surface area (Å²) >= 11 is 7.45. The Kier molecular flexibility index (Phi) is 6.74. The van der Waals surface area contributed by atoms with E-state index >= 15 is 0 Å². The van der Waals surface area contributed by atoms with Crippen molar-refractivity contribution in [2.24, 2.45) is 0 Å². The van der Waals surface area contributed by atoms with E-state index in [2.05, 4.69) is 20.5 Å². The molecule has 0 unspecified atom stereocenters. The number of rotatable bonds is 8. The molecule has 35 heavy (non-hydrogen) atoms. The average Bonchev–Trinajstić information content (AvgIpc) is 3.51. The molecule has 9 heteroatoms. The predicted molar refractivity (Wildman–Crippen MR) is 139 cm³/mol. The third-order valence-electron chi connectivity index (χ3n) is 5.55. The van der Waals surface area contributed by atoms with Crippen molar-refractivity contribution in [2.75, 3.05) is 12.9 Å². The van der Waals surface area contributed by atoms with Crippen LogP contribution in [0.4, 0.5) is 0 Å². The normalized spacial score (nSPS) is 11.0. The van der Waals surface area contributed by atoms with Gasteiger partial charge in [-0.15, -0.1) is 10.2 Å². The molecule has 1 amide bonds. The van der Waals surface area contributed by atoms with Gasteiger partial charge in [-0.2, -0.15) is 0 Å². The van der Waals surface area contributed by atoms with Crippen LogP contribution in [0.15, 0.2) is 84.1 Å². The van der Waals surface area contributed by atoms with Gasteiger partial charge in [-0.25, -0.2) is 0 Å². The van der Waals surface area contributed by atoms with Gasteiger partial charge in [-0.05, 0) is 36.4 Å². The zero-order valence-electron chi connectivity index (χ0n) is 18.9. The fraction of sp³-hybridized carbons (Fsp3) is 0.115. The molecule has 0 radical (unpaired) electrons. The molecule has 0 aliphatic rings. The molecule has 0 atom stereocenters. The Hall–Kier alpha value is -3.75. The summed E-state index contributed by atoms with van der Waals surface area (Å²) in [5.74, 6) is 1.50. The lowest BCUT2D eigenvalue weighted by Crippen LogP contribution is -2.25. The van der Waals surface area contributed by atoms with Crippen molar-refractivity contribution < 1.29 is 9.53 Å². The first kappa shape index (κ1) is 23.0. The Morgan fingerprint density at radius 2 is 1.83 bits per heavy atom. The number of nitrogens with one attached hydrogen (secondary N) is 2. The molecule has 2 heterocycles. The van der Waals surface area contributed by atoms with Gasteiger partial charge in [0.25, 0.3) is 0 Å². The largest absolute Gasteiger partial charge is 0.496 e. The van der Waals surface area contributed by atoms with E-state index in [-0.39, 0.29) is 11.7 Å². The first-order valence-electron chi connectivity index (χ1n) is 10.9. The molecule has 0 aliphatic carbocycles. The number of amides is 1. The summed E-state index contributed by atoms with van der Waals surface area (Å²) in [6.45, 7) is 0.383. The van der Waals surface area contributed by atoms with E-state index in [0.717, 1.165) is 33.5 Å². The SMILES string of the molecule is COc1ccccc1CNC(=O)CSc1nnc(-c2c[nH]c3ccccc23)n1-c1ccc(Cl)cc1. The molecule has 176 valence electrons. The van der Waals surface area contributed by atoms with Crippen molar-refractivity contribution in [3.8, 4) is 22.8 Å². The van der Waals surface area contributed by atoms with Crippen LogP contribution in [-0.4, -0.2) is 38.5 Å². The highest BCUT2D eigenvalue weighted by Gasteiger charge is 2.20. The first-order valence-corrected chi connectivity index (χ1v) is 12.3. The van der Waals surface area contributed by atoms with Gasteiger partial charge in [0, 0.05) is 45.5 Å². The minimum atomic E-state index is -0.111. The number of H-pyrrole nitrogens is 1. The van der Waals surface area contributed by atoms with Gasteiger partial charge in [0.05, 0.1) is 12.9 Å². The molecule has 0 saturated carbocycles. The third-order valence-corrected chi connectivity index (χ3v) is 6.73. The first-order chi connectivity index (χ1) is 17.1. The number of halogens is 1. The van der Waals surface area contributed by atoms with Gasteiger partial charge in [0.2, 0.25) is 5.91 Å². The second-order valence-corrected chi connectivity index (χ2v) is 9.12. The number of carbonyl (C=O) groups is 1. The number of aromatic amines is 1. The Bertz CT molecular complexity index is 1480. The summed E-state index contributed by atoms with van der Waals surface area (Å²) < 4.78 is 7.31. The molecule has 5 aromatic rings. The maximum Gasteiger partial charge on any atom is 0.230 e. The van der Waals surface area contributed by atoms with Crippen LogP contribution in [0.5, 0.6) is 5.75 Å². The molecule has 2 N–H and O–H groups in total. The Labute approximate surface area is 211 Å². The van der Waals surface area contributed by atoms with Crippen molar-refractivity contribution in [3.63, 3.8) is 0 Å². The number of hydrogen-bond donors (Lipinski definition) is 2. The van der Waals surface area contributed by atoms with E-state index in [1.165, 1.54) is 11.8 Å². The molecule has 0 fully saturated rings. The van der Waals surface area contributed by atoms with Gasteiger partial charge in [0.1, 0.15) is 5.75 Å². The highest BCUT2D eigenvalue weighted by atomic mass is 35.5. The lowest BCUT2D eigenvalue weighted by Gasteiger charge is -2.11. The minimum Gasteiger partial charge on any atom is -0.496 e. The lowest BCUT2D eigenvalue weighted by atomic mass is 10.1. The van der Waals surface area contributed by atoms with Crippen molar-refractivity contribution in [2.45, 2.75) is 11.7 Å². The van der Waals surface area contributed by atoms with E-state index in [4.69, 9.17) is 16.3 Å². The summed E-state index contributed by atoms with van der Waals surface area (Å²) in [7, 11) is 1.62. The van der Waals surface area contributed by atoms with Crippen molar-refractivity contribution in [1.82, 2.24) is 25.1 Å². The maximum atomic E-state index is 12.6. The smallest absolute Gasteiger partial charge is 0.230 e. The summed E-state index contributed by atoms with van der Waals surface area (Å²) in [5, 5.41) is 14.2.